The lowest BCUT2D eigenvalue weighted by atomic mass is 9.43. The van der Waals surface area contributed by atoms with Gasteiger partial charge >= 0.3 is 7.12 Å². The van der Waals surface area contributed by atoms with Gasteiger partial charge < -0.3 is 47.1 Å². The van der Waals surface area contributed by atoms with E-state index in [4.69, 9.17) is 32.4 Å². The predicted octanol–water partition coefficient (Wildman–Crippen LogP) is 1.15. The van der Waals surface area contributed by atoms with Crippen LogP contribution < -0.4 is 37.5 Å². The number of nitrogens with two attached hydrogens (primary N) is 2. The van der Waals surface area contributed by atoms with Gasteiger partial charge in [0.15, 0.2) is 0 Å². The number of hydrogen-bond donors (Lipinski definition) is 8. The number of carbonyl (C=O) groups is 4. The molecule has 1 aromatic heterocycles. The summed E-state index contributed by atoms with van der Waals surface area (Å²) in [5, 5.41) is 21.6. The summed E-state index contributed by atoms with van der Waals surface area (Å²) in [5.41, 5.74) is 12.3. The molecule has 60 heavy (non-hydrogen) atoms. The van der Waals surface area contributed by atoms with Gasteiger partial charge in [-0.2, -0.15) is 4.72 Å². The van der Waals surface area contributed by atoms with Crippen molar-refractivity contribution >= 4 is 52.4 Å². The SMILES string of the molecule is CC(NC(=O)C(CCCCN)NC(=O)C(C)NC(=O)C(NC(=O)C(CCN)NS(=O)(=O)c1ccc(-c2ccc(Cl)cc2)nc1)C(C)O)B1OC2CC3CC(C3(C)C)C2(C)O1. The molecule has 0 radical (unpaired) electrons. The Morgan fingerprint density at radius 3 is 2.17 bits per heavy atom. The third-order valence-electron chi connectivity index (χ3n) is 12.4. The number of benzene rings is 1. The first-order valence-electron chi connectivity index (χ1n) is 20.6. The van der Waals surface area contributed by atoms with Gasteiger partial charge in [0.1, 0.15) is 29.1 Å². The van der Waals surface area contributed by atoms with Gasteiger partial charge in [-0.1, -0.05) is 37.6 Å². The van der Waals surface area contributed by atoms with E-state index >= 15 is 0 Å². The molecule has 10 N–H and O–H groups in total. The van der Waals surface area contributed by atoms with Crippen LogP contribution in [0.5, 0.6) is 0 Å². The van der Waals surface area contributed by atoms with Crippen molar-refractivity contribution in [2.75, 3.05) is 13.1 Å². The molecular formula is C40H60BClN8O9S. The molecule has 0 spiro atoms. The summed E-state index contributed by atoms with van der Waals surface area (Å²) in [4.78, 5) is 58.0. The number of sulfonamides is 1. The minimum Gasteiger partial charge on any atom is -0.404 e. The molecule has 1 saturated heterocycles. The van der Waals surface area contributed by atoms with Crippen molar-refractivity contribution < 1.29 is 42.0 Å². The van der Waals surface area contributed by atoms with Crippen molar-refractivity contribution in [2.24, 2.45) is 28.7 Å². The minimum absolute atomic E-state index is 0.0725. The molecule has 4 fully saturated rings. The summed E-state index contributed by atoms with van der Waals surface area (Å²) in [5.74, 6) is -2.65. The summed E-state index contributed by atoms with van der Waals surface area (Å²) in [6, 6.07) is 4.40. The zero-order valence-corrected chi connectivity index (χ0v) is 36.6. The number of halogens is 1. The first-order valence-corrected chi connectivity index (χ1v) is 22.4. The van der Waals surface area contributed by atoms with Gasteiger partial charge in [-0.15, -0.1) is 0 Å². The number of aromatic nitrogens is 1. The summed E-state index contributed by atoms with van der Waals surface area (Å²) in [6.07, 6.45) is 2.83. The van der Waals surface area contributed by atoms with Crippen LogP contribution >= 0.6 is 11.6 Å². The fourth-order valence-electron chi connectivity index (χ4n) is 8.59. The molecule has 2 heterocycles. The number of rotatable bonds is 20. The quantitative estimate of drug-likeness (QED) is 0.0689. The fourth-order valence-corrected chi connectivity index (χ4v) is 9.89. The summed E-state index contributed by atoms with van der Waals surface area (Å²) in [6.45, 7) is 11.4. The molecule has 4 amide bonds. The number of amides is 4. The minimum atomic E-state index is -4.31. The van der Waals surface area contributed by atoms with E-state index in [-0.39, 0.29) is 35.8 Å². The highest BCUT2D eigenvalue weighted by molar-refractivity contribution is 7.89. The number of aliphatic hydroxyl groups excluding tert-OH is 1. The van der Waals surface area contributed by atoms with Crippen LogP contribution in [0.15, 0.2) is 47.5 Å². The Labute approximate surface area is 357 Å². The molecule has 330 valence electrons. The number of nitrogens with one attached hydrogen (secondary N) is 5. The second-order valence-corrected chi connectivity index (χ2v) is 19.2. The predicted molar refractivity (Wildman–Crippen MR) is 226 cm³/mol. The van der Waals surface area contributed by atoms with Gasteiger partial charge in [0, 0.05) is 16.8 Å². The number of nitrogens with zero attached hydrogens (tertiary/aromatic N) is 1. The summed E-state index contributed by atoms with van der Waals surface area (Å²) < 4.78 is 41.8. The Morgan fingerprint density at radius 1 is 0.883 bits per heavy atom. The van der Waals surface area contributed by atoms with Crippen LogP contribution in [0.2, 0.25) is 5.02 Å². The average Bonchev–Trinajstić information content (AvgIpc) is 3.57. The maximum atomic E-state index is 13.7. The summed E-state index contributed by atoms with van der Waals surface area (Å²) >= 11 is 5.96. The second kappa shape index (κ2) is 19.6. The third-order valence-corrected chi connectivity index (χ3v) is 14.1. The number of pyridine rings is 1. The highest BCUT2D eigenvalue weighted by atomic mass is 35.5. The summed E-state index contributed by atoms with van der Waals surface area (Å²) in [7, 11) is -4.98. The lowest BCUT2D eigenvalue weighted by Gasteiger charge is -2.64. The van der Waals surface area contributed by atoms with Crippen molar-refractivity contribution in [3.63, 3.8) is 0 Å². The van der Waals surface area contributed by atoms with Crippen molar-refractivity contribution in [3.05, 3.63) is 47.6 Å². The van der Waals surface area contributed by atoms with Gasteiger partial charge in [0.25, 0.3) is 0 Å². The Bertz CT molecular complexity index is 1960. The standard InChI is InChI=1S/C40H60BClN8O9S/c1-22(35(52)48-30(9-7-8-17-43)36(53)47-24(3)41-58-33-20-26-19-32(39(26,4)5)40(33,6)59-41)46-38(55)34(23(2)51)49-37(54)31(16-18-44)50-60(56,57)28-14-15-29(45-21-28)25-10-12-27(42)13-11-25/h10-15,21-24,26,30-34,50-51H,7-9,16-20,43-44H2,1-6H3,(H,46,55)(H,47,53)(H,48,52)(H,49,54). The molecule has 10 unspecified atom stereocenters. The van der Waals surface area contributed by atoms with Gasteiger partial charge in [-0.05, 0) is 121 Å². The van der Waals surface area contributed by atoms with Crippen LogP contribution in [0.25, 0.3) is 11.3 Å². The largest absolute Gasteiger partial charge is 0.481 e. The molecule has 20 heteroatoms. The molecule has 1 aliphatic heterocycles. The maximum Gasteiger partial charge on any atom is 0.481 e. The van der Waals surface area contributed by atoms with E-state index in [1.54, 1.807) is 31.2 Å². The van der Waals surface area contributed by atoms with Crippen LogP contribution in [0.1, 0.15) is 80.1 Å². The van der Waals surface area contributed by atoms with Crippen molar-refractivity contribution in [3.8, 4) is 11.3 Å². The molecule has 6 rings (SSSR count). The lowest BCUT2D eigenvalue weighted by molar-refractivity contribution is -0.199. The van der Waals surface area contributed by atoms with Crippen molar-refractivity contribution in [2.45, 2.75) is 133 Å². The highest BCUT2D eigenvalue weighted by Crippen LogP contribution is 2.65. The van der Waals surface area contributed by atoms with E-state index < -0.39 is 82.6 Å². The zero-order valence-electron chi connectivity index (χ0n) is 35.1. The Kier molecular flexibility index (Phi) is 15.4. The molecule has 1 aromatic carbocycles. The van der Waals surface area contributed by atoms with Crippen LogP contribution in [0.3, 0.4) is 0 Å². The molecule has 17 nitrogen and oxygen atoms in total. The second-order valence-electron chi connectivity index (χ2n) is 17.1. The van der Waals surface area contributed by atoms with Crippen LogP contribution in [-0.2, 0) is 38.5 Å². The third kappa shape index (κ3) is 10.7. The molecule has 3 saturated carbocycles. The van der Waals surface area contributed by atoms with Gasteiger partial charge in [0.2, 0.25) is 33.7 Å². The van der Waals surface area contributed by atoms with Crippen molar-refractivity contribution in [1.82, 2.24) is 31.0 Å². The smallest absolute Gasteiger partial charge is 0.404 e. The topological polar surface area (TPSA) is 266 Å². The van der Waals surface area contributed by atoms with E-state index in [0.717, 1.165) is 19.0 Å². The van der Waals surface area contributed by atoms with Gasteiger partial charge in [-0.3, -0.25) is 24.2 Å². The average molecular weight is 875 g/mol. The number of carbonyl (C=O) groups excluding carboxylic acids is 4. The Hall–Kier alpha value is -3.69. The Balaban J connectivity index is 1.17. The number of unbranched alkanes of at least 4 members (excludes halogenated alkanes) is 1. The number of aliphatic hydroxyl groups is 1. The lowest BCUT2D eigenvalue weighted by Crippen LogP contribution is -2.65. The van der Waals surface area contributed by atoms with Crippen LogP contribution in [-0.4, -0.2) is 110 Å². The van der Waals surface area contributed by atoms with Gasteiger partial charge in [0.05, 0.1) is 29.4 Å². The number of hydrogen-bond acceptors (Lipinski definition) is 12. The monoisotopic (exact) mass is 874 g/mol. The molecule has 3 aliphatic carbocycles. The molecular weight excluding hydrogens is 815 g/mol. The first kappa shape index (κ1) is 47.4. The molecule has 10 atom stereocenters. The van der Waals surface area contributed by atoms with Crippen molar-refractivity contribution in [1.29, 1.82) is 0 Å². The van der Waals surface area contributed by atoms with E-state index in [1.165, 1.54) is 26.0 Å². The molecule has 4 aliphatic rings. The van der Waals surface area contributed by atoms with E-state index in [2.05, 4.69) is 51.7 Å². The zero-order chi connectivity index (χ0) is 44.2. The first-order chi connectivity index (χ1) is 28.2. The van der Waals surface area contributed by atoms with Crippen LogP contribution in [0.4, 0.5) is 0 Å². The maximum absolute atomic E-state index is 13.7. The van der Waals surface area contributed by atoms with E-state index in [9.17, 15) is 32.7 Å². The van der Waals surface area contributed by atoms with Crippen LogP contribution in [0, 0.1) is 17.3 Å². The van der Waals surface area contributed by atoms with E-state index in [0.29, 0.717) is 47.5 Å². The molecule has 2 bridgehead atoms. The van der Waals surface area contributed by atoms with E-state index in [1.807, 2.05) is 0 Å². The normalized spacial score (nSPS) is 24.7. The fraction of sp³-hybridized carbons (Fsp3) is 0.625. The van der Waals surface area contributed by atoms with Gasteiger partial charge in [-0.25, -0.2) is 8.42 Å². The molecule has 2 aromatic rings. The highest BCUT2D eigenvalue weighted by Gasteiger charge is 2.68. The Morgan fingerprint density at radius 2 is 1.57 bits per heavy atom.